The molecule has 12 nitrogen and oxygen atoms in total. The van der Waals surface area contributed by atoms with E-state index in [-0.39, 0.29) is 139 Å². The summed E-state index contributed by atoms with van der Waals surface area (Å²) in [6, 6.07) is 6.58. The van der Waals surface area contributed by atoms with Gasteiger partial charge < -0.3 is 62.1 Å². The Morgan fingerprint density at radius 1 is 0.303 bits per heavy atom. The summed E-state index contributed by atoms with van der Waals surface area (Å²) >= 11 is 0. The molecule has 12 heteroatoms. The number of hydrogen-bond donors (Lipinski definition) is 12. The van der Waals surface area contributed by atoms with Crippen LogP contribution in [0.2, 0.25) is 0 Å². The molecule has 0 saturated carbocycles. The topological polar surface area (TPSA) is 210 Å². The summed E-state index contributed by atoms with van der Waals surface area (Å²) in [5, 5.41) is 114. The number of fused-ring (bicyclic) bond motifs is 8. The maximum atomic E-state index is 12.5. The van der Waals surface area contributed by atoms with Gasteiger partial charge in [-0.3, -0.25) is 0 Å². The zero-order valence-corrected chi connectivity index (χ0v) is 46.3. The first-order valence-electron chi connectivity index (χ1n) is 28.4. The maximum Gasteiger partial charge on any atom is 0.127 e. The minimum Gasteiger partial charge on any atom is -0.507 e. The fourth-order valence-electron chi connectivity index (χ4n) is 10.9. The second-order valence-electron chi connectivity index (χ2n) is 20.7. The molecule has 0 aliphatic heterocycles. The third-order valence-corrected chi connectivity index (χ3v) is 15.4. The van der Waals surface area contributed by atoms with Crippen molar-refractivity contribution in [3.05, 3.63) is 142 Å². The van der Waals surface area contributed by atoms with E-state index in [1.54, 1.807) is 48.6 Å². The number of rotatable bonds is 32. The molecule has 8 bridgehead atoms. The minimum atomic E-state index is -0.966. The van der Waals surface area contributed by atoms with Crippen molar-refractivity contribution in [1.82, 2.24) is 21.3 Å². The van der Waals surface area contributed by atoms with Gasteiger partial charge in [-0.25, -0.2) is 0 Å². The Balaban J connectivity index is 1.94. The van der Waals surface area contributed by atoms with Crippen molar-refractivity contribution in [2.75, 3.05) is 26.2 Å². The number of unbranched alkanes of at least 4 members (excludes halogenated alkanes) is 12. The molecular weight excluding hydrogens is 953 g/mol. The van der Waals surface area contributed by atoms with E-state index in [0.29, 0.717) is 26.2 Å². The van der Waals surface area contributed by atoms with Gasteiger partial charge in [-0.05, 0) is 76.1 Å². The molecule has 5 rings (SSSR count). The summed E-state index contributed by atoms with van der Waals surface area (Å²) in [7, 11) is 0. The van der Waals surface area contributed by atoms with Crippen LogP contribution in [0.5, 0.6) is 46.0 Å². The molecule has 416 valence electrons. The van der Waals surface area contributed by atoms with Crippen molar-refractivity contribution < 1.29 is 40.9 Å². The minimum absolute atomic E-state index is 0.0680. The molecule has 0 saturated heterocycles. The summed E-state index contributed by atoms with van der Waals surface area (Å²) in [6.45, 7) is 28.3. The van der Waals surface area contributed by atoms with E-state index in [0.717, 1.165) is 103 Å². The summed E-state index contributed by atoms with van der Waals surface area (Å²) in [5.74, 6) is -5.72. The van der Waals surface area contributed by atoms with E-state index < -0.39 is 23.7 Å². The lowest BCUT2D eigenvalue weighted by atomic mass is 9.77. The molecule has 4 aromatic carbocycles. The number of allylic oxidation sites excluding steroid dienone is 4. The number of aromatic hydroxyl groups is 8. The Hall–Kier alpha value is -5.92. The average molecular weight is 1050 g/mol. The van der Waals surface area contributed by atoms with Crippen molar-refractivity contribution in [2.45, 2.75) is 180 Å². The van der Waals surface area contributed by atoms with Gasteiger partial charge in [-0.1, -0.05) is 129 Å². The van der Waals surface area contributed by atoms with Crippen molar-refractivity contribution in [2.24, 2.45) is 0 Å². The first-order valence-corrected chi connectivity index (χ1v) is 28.4. The predicted octanol–water partition coefficient (Wildman–Crippen LogP) is 13.6. The van der Waals surface area contributed by atoms with Crippen molar-refractivity contribution in [3.8, 4) is 46.0 Å². The first-order chi connectivity index (χ1) is 36.8. The van der Waals surface area contributed by atoms with Gasteiger partial charge in [0.25, 0.3) is 0 Å². The summed E-state index contributed by atoms with van der Waals surface area (Å²) in [6.07, 6.45) is 22.5. The normalized spacial score (nSPS) is 16.2. The van der Waals surface area contributed by atoms with Gasteiger partial charge in [0.1, 0.15) is 46.0 Å². The van der Waals surface area contributed by atoms with Crippen LogP contribution in [-0.4, -0.2) is 67.0 Å². The van der Waals surface area contributed by atoms with Crippen molar-refractivity contribution in [1.29, 1.82) is 0 Å². The van der Waals surface area contributed by atoms with E-state index in [2.05, 4.69) is 75.3 Å². The van der Waals surface area contributed by atoms with E-state index in [4.69, 9.17) is 0 Å². The molecular formula is C64H92N4O8. The van der Waals surface area contributed by atoms with Crippen LogP contribution in [0.15, 0.2) is 74.9 Å². The Bertz CT molecular complexity index is 2110. The van der Waals surface area contributed by atoms with Crippen LogP contribution in [-0.2, 0) is 26.2 Å². The van der Waals surface area contributed by atoms with Gasteiger partial charge in [0.15, 0.2) is 0 Å². The van der Waals surface area contributed by atoms with Gasteiger partial charge in [-0.15, -0.1) is 26.3 Å². The Labute approximate surface area is 454 Å². The first kappa shape index (κ1) is 60.9. The highest BCUT2D eigenvalue weighted by molar-refractivity contribution is 5.69. The third-order valence-electron chi connectivity index (χ3n) is 15.4. The lowest BCUT2D eigenvalue weighted by Gasteiger charge is -2.29. The van der Waals surface area contributed by atoms with Crippen molar-refractivity contribution in [3.63, 3.8) is 0 Å². The lowest BCUT2D eigenvalue weighted by Crippen LogP contribution is -2.18. The smallest absolute Gasteiger partial charge is 0.127 e. The number of benzene rings is 4. The Morgan fingerprint density at radius 3 is 0.618 bits per heavy atom. The van der Waals surface area contributed by atoms with Gasteiger partial charge in [-0.2, -0.15) is 0 Å². The fourth-order valence-corrected chi connectivity index (χ4v) is 10.9. The van der Waals surface area contributed by atoms with Gasteiger partial charge in [0, 0.05) is 94.4 Å². The monoisotopic (exact) mass is 1040 g/mol. The summed E-state index contributed by atoms with van der Waals surface area (Å²) in [4.78, 5) is 0. The van der Waals surface area contributed by atoms with E-state index >= 15 is 0 Å². The standard InChI is InChI=1S/C64H92N4O8/c1-9-17-21-25-29-65-37-53-57(69)45-33-46(58(53)70)42(14-6)48-35-50(62(74)55(60(48)72)39-67-31-27-23-19-11-3)44(16-8)52-36-51(63(75)56(64(52)76)40-68-32-28-24-20-12-4)43(15-7)49-34-47(41(45)13-5)59(71)54(61(49)73)38-66-30-26-22-18-10-2/h13-16,33-36,41-44,65-76H,5-12,17-32,37-40H2,1-4H3. The van der Waals surface area contributed by atoms with Crippen LogP contribution in [0.1, 0.15) is 221 Å². The van der Waals surface area contributed by atoms with Crippen LogP contribution in [0.4, 0.5) is 0 Å². The van der Waals surface area contributed by atoms with Crippen LogP contribution in [0.3, 0.4) is 0 Å². The molecule has 12 N–H and O–H groups in total. The third kappa shape index (κ3) is 14.4. The molecule has 0 spiro atoms. The molecule has 1 aliphatic rings. The van der Waals surface area contributed by atoms with E-state index in [1.807, 2.05) is 0 Å². The number of nitrogens with one attached hydrogen (secondary N) is 4. The maximum absolute atomic E-state index is 12.5. The van der Waals surface area contributed by atoms with Crippen LogP contribution < -0.4 is 21.3 Å². The molecule has 0 fully saturated rings. The Morgan fingerprint density at radius 2 is 0.474 bits per heavy atom. The van der Waals surface area contributed by atoms with Crippen LogP contribution in [0.25, 0.3) is 0 Å². The zero-order valence-electron chi connectivity index (χ0n) is 46.3. The van der Waals surface area contributed by atoms with E-state index in [1.165, 1.54) is 0 Å². The zero-order chi connectivity index (χ0) is 55.3. The molecule has 4 aromatic rings. The molecule has 76 heavy (non-hydrogen) atoms. The number of phenols is 8. The Kier molecular flexibility index (Phi) is 24.6. The molecule has 0 heterocycles. The van der Waals surface area contributed by atoms with Gasteiger partial charge in [0.05, 0.1) is 22.3 Å². The SMILES string of the molecule is C=CC1c2cc(c(O)c(CNCCCCCC)c2O)C(C=C)c2cc(c(O)c(CNCCCCCC)c2O)C(C=C)c2cc(c(O)c(CNCCCCCC)c2O)C(C=C)c2cc1c(O)c(CNCCCCCC)c2O. The number of hydrogen-bond acceptors (Lipinski definition) is 12. The van der Waals surface area contributed by atoms with Gasteiger partial charge >= 0.3 is 0 Å². The van der Waals surface area contributed by atoms with Crippen LogP contribution in [0, 0.1) is 0 Å². The lowest BCUT2D eigenvalue weighted by molar-refractivity contribution is 0.415. The second-order valence-corrected chi connectivity index (χ2v) is 20.7. The van der Waals surface area contributed by atoms with Crippen molar-refractivity contribution >= 4 is 0 Å². The van der Waals surface area contributed by atoms with Gasteiger partial charge in [0.2, 0.25) is 0 Å². The quantitative estimate of drug-likeness (QED) is 0.0163. The van der Waals surface area contributed by atoms with Crippen LogP contribution >= 0.6 is 0 Å². The molecule has 1 aliphatic carbocycles. The molecule has 0 aromatic heterocycles. The highest BCUT2D eigenvalue weighted by atomic mass is 16.3. The summed E-state index contributed by atoms with van der Waals surface area (Å²) in [5.41, 5.74) is 3.00. The number of phenolic OH excluding ortho intramolecular Hbond substituents is 8. The largest absolute Gasteiger partial charge is 0.507 e. The predicted molar refractivity (Wildman–Crippen MR) is 311 cm³/mol. The molecule has 0 radical (unpaired) electrons. The molecule has 0 amide bonds. The second kappa shape index (κ2) is 30.7. The molecule has 0 atom stereocenters. The van der Waals surface area contributed by atoms with E-state index in [9.17, 15) is 40.9 Å². The average Bonchev–Trinajstić information content (AvgIpc) is 3.41. The highest BCUT2D eigenvalue weighted by Gasteiger charge is 2.35. The summed E-state index contributed by atoms with van der Waals surface area (Å²) < 4.78 is 0. The fraction of sp³-hybridized carbons (Fsp3) is 0.500. The highest BCUT2D eigenvalue weighted by Crippen LogP contribution is 2.54. The molecule has 0 unspecified atom stereocenters.